The van der Waals surface area contributed by atoms with E-state index in [9.17, 15) is 14.7 Å². The number of amides is 1. The van der Waals surface area contributed by atoms with Gasteiger partial charge >= 0.3 is 0 Å². The number of carbonyl (C=O) groups excluding carboxylic acids is 2. The number of benzene rings is 1. The average Bonchev–Trinajstić information content (AvgIpc) is 3.35. The number of nitrogens with zero attached hydrogens (tertiary/aromatic N) is 1. The Hall–Kier alpha value is -2.64. The van der Waals surface area contributed by atoms with Crippen LogP contribution in [0.2, 0.25) is 0 Å². The molecule has 0 saturated heterocycles. The lowest BCUT2D eigenvalue weighted by Gasteiger charge is -2.27. The molecular formula is C22H25NO5S. The van der Waals surface area contributed by atoms with E-state index in [2.05, 4.69) is 0 Å². The van der Waals surface area contributed by atoms with Gasteiger partial charge in [-0.2, -0.15) is 0 Å². The van der Waals surface area contributed by atoms with Crippen LogP contribution in [0.4, 0.5) is 0 Å². The van der Waals surface area contributed by atoms with Crippen molar-refractivity contribution in [3.8, 4) is 5.75 Å². The van der Waals surface area contributed by atoms with Crippen molar-refractivity contribution in [2.24, 2.45) is 0 Å². The van der Waals surface area contributed by atoms with E-state index in [4.69, 9.17) is 9.47 Å². The molecule has 154 valence electrons. The van der Waals surface area contributed by atoms with Crippen LogP contribution in [-0.2, 0) is 9.53 Å². The lowest BCUT2D eigenvalue weighted by Crippen LogP contribution is -2.32. The van der Waals surface area contributed by atoms with Gasteiger partial charge < -0.3 is 19.5 Å². The maximum absolute atomic E-state index is 13.1. The van der Waals surface area contributed by atoms with Crippen molar-refractivity contribution in [1.29, 1.82) is 0 Å². The van der Waals surface area contributed by atoms with Gasteiger partial charge in [0.05, 0.1) is 23.1 Å². The Bertz CT molecular complexity index is 890. The number of hydrogen-bond acceptors (Lipinski definition) is 6. The number of hydrogen-bond donors (Lipinski definition) is 1. The summed E-state index contributed by atoms with van der Waals surface area (Å²) < 4.78 is 10.8. The van der Waals surface area contributed by atoms with Crippen LogP contribution in [0.25, 0.3) is 0 Å². The quantitative estimate of drug-likeness (QED) is 0.466. The van der Waals surface area contributed by atoms with E-state index in [1.54, 1.807) is 24.6 Å². The van der Waals surface area contributed by atoms with E-state index in [-0.39, 0.29) is 11.4 Å². The van der Waals surface area contributed by atoms with Crippen LogP contribution in [0.3, 0.4) is 0 Å². The summed E-state index contributed by atoms with van der Waals surface area (Å²) in [6.07, 6.45) is 1.47. The second kappa shape index (κ2) is 9.71. The number of methoxy groups -OCH3 is 1. The summed E-state index contributed by atoms with van der Waals surface area (Å²) in [7, 11) is 1.60. The zero-order valence-corrected chi connectivity index (χ0v) is 17.4. The van der Waals surface area contributed by atoms with Gasteiger partial charge in [0.1, 0.15) is 5.75 Å². The van der Waals surface area contributed by atoms with Crippen LogP contribution in [0, 0.1) is 0 Å². The molecule has 0 radical (unpaired) electrons. The summed E-state index contributed by atoms with van der Waals surface area (Å²) in [6, 6.07) is 10.2. The van der Waals surface area contributed by atoms with E-state index in [1.807, 2.05) is 31.2 Å². The molecule has 1 aliphatic heterocycles. The number of thiophene rings is 1. The Morgan fingerprint density at radius 1 is 1.24 bits per heavy atom. The van der Waals surface area contributed by atoms with Gasteiger partial charge in [0.2, 0.25) is 5.78 Å². The SMILES string of the molecule is CCCOc1cccc(C2C(C(=O)c3cccs3)=C(O)C(=O)N2CCCOC)c1. The molecule has 0 saturated carbocycles. The number of carbonyl (C=O) groups is 2. The van der Waals surface area contributed by atoms with Crippen molar-refractivity contribution in [3.05, 3.63) is 63.6 Å². The number of aliphatic hydroxyl groups excluding tert-OH is 1. The van der Waals surface area contributed by atoms with E-state index < -0.39 is 17.7 Å². The molecule has 1 atom stereocenters. The van der Waals surface area contributed by atoms with Gasteiger partial charge in [-0.1, -0.05) is 25.1 Å². The molecule has 0 aliphatic carbocycles. The molecule has 0 bridgehead atoms. The van der Waals surface area contributed by atoms with Crippen LogP contribution in [0.5, 0.6) is 5.75 Å². The zero-order valence-electron chi connectivity index (χ0n) is 16.6. The summed E-state index contributed by atoms with van der Waals surface area (Å²) in [4.78, 5) is 28.0. The highest BCUT2D eigenvalue weighted by molar-refractivity contribution is 7.12. The van der Waals surface area contributed by atoms with Gasteiger partial charge in [0, 0.05) is 20.3 Å². The predicted octanol–water partition coefficient (Wildman–Crippen LogP) is 4.15. The summed E-state index contributed by atoms with van der Waals surface area (Å²) >= 11 is 1.29. The van der Waals surface area contributed by atoms with Crippen molar-refractivity contribution >= 4 is 23.0 Å². The van der Waals surface area contributed by atoms with E-state index in [0.717, 1.165) is 12.0 Å². The summed E-state index contributed by atoms with van der Waals surface area (Å²) in [5.41, 5.74) is 0.843. The van der Waals surface area contributed by atoms with Crippen molar-refractivity contribution < 1.29 is 24.2 Å². The fourth-order valence-corrected chi connectivity index (χ4v) is 4.05. The number of ketones is 1. The molecule has 0 spiro atoms. The largest absolute Gasteiger partial charge is 0.503 e. The van der Waals surface area contributed by atoms with Crippen molar-refractivity contribution in [3.63, 3.8) is 0 Å². The Balaban J connectivity index is 2.00. The lowest BCUT2D eigenvalue weighted by molar-refractivity contribution is -0.129. The lowest BCUT2D eigenvalue weighted by atomic mass is 9.95. The molecule has 1 unspecified atom stereocenters. The fraction of sp³-hybridized carbons (Fsp3) is 0.364. The average molecular weight is 416 g/mol. The molecule has 2 heterocycles. The van der Waals surface area contributed by atoms with Gasteiger partial charge in [0.15, 0.2) is 5.76 Å². The van der Waals surface area contributed by atoms with E-state index in [1.165, 1.54) is 16.2 Å². The second-order valence-electron chi connectivity index (χ2n) is 6.74. The molecule has 7 heteroatoms. The first kappa shape index (κ1) is 21.1. The third-order valence-corrected chi connectivity index (χ3v) is 5.56. The first-order valence-corrected chi connectivity index (χ1v) is 10.5. The molecule has 1 aliphatic rings. The molecular weight excluding hydrogens is 390 g/mol. The Kier molecular flexibility index (Phi) is 7.06. The highest BCUT2D eigenvalue weighted by Gasteiger charge is 2.43. The highest BCUT2D eigenvalue weighted by atomic mass is 32.1. The van der Waals surface area contributed by atoms with E-state index in [0.29, 0.717) is 36.8 Å². The Morgan fingerprint density at radius 3 is 2.76 bits per heavy atom. The smallest absolute Gasteiger partial charge is 0.290 e. The van der Waals surface area contributed by atoms with Gasteiger partial charge in [-0.25, -0.2) is 0 Å². The zero-order chi connectivity index (χ0) is 20.8. The minimum atomic E-state index is -0.667. The van der Waals surface area contributed by atoms with Gasteiger partial charge in [-0.05, 0) is 42.0 Å². The third-order valence-electron chi connectivity index (χ3n) is 4.69. The molecule has 6 nitrogen and oxygen atoms in total. The monoisotopic (exact) mass is 415 g/mol. The highest BCUT2D eigenvalue weighted by Crippen LogP contribution is 2.40. The number of Topliss-reactive ketones (excluding diaryl/α,β-unsaturated/α-hetero) is 1. The van der Waals surface area contributed by atoms with Crippen LogP contribution < -0.4 is 4.74 Å². The van der Waals surface area contributed by atoms with Crippen LogP contribution in [-0.4, -0.2) is 48.6 Å². The normalized spacial score (nSPS) is 16.6. The fourth-order valence-electron chi connectivity index (χ4n) is 3.38. The van der Waals surface area contributed by atoms with E-state index >= 15 is 0 Å². The maximum Gasteiger partial charge on any atom is 0.290 e. The molecule has 1 amide bonds. The van der Waals surface area contributed by atoms with Gasteiger partial charge in [-0.15, -0.1) is 11.3 Å². The third kappa shape index (κ3) is 4.52. The molecule has 1 aromatic carbocycles. The Morgan fingerprint density at radius 2 is 2.07 bits per heavy atom. The van der Waals surface area contributed by atoms with Crippen LogP contribution >= 0.6 is 11.3 Å². The van der Waals surface area contributed by atoms with Crippen molar-refractivity contribution in [2.75, 3.05) is 26.9 Å². The number of rotatable bonds is 10. The topological polar surface area (TPSA) is 76.1 Å². The summed E-state index contributed by atoms with van der Waals surface area (Å²) in [6.45, 7) is 3.44. The standard InChI is InChI=1S/C22H25NO5S/c1-3-11-28-16-8-4-7-15(14-16)19-18(20(24)17-9-5-13-29-17)21(25)22(26)23(19)10-6-12-27-2/h4-5,7-9,13-14,19,25H,3,6,10-12H2,1-2H3. The molecule has 1 N–H and O–H groups in total. The number of ether oxygens (including phenoxy) is 2. The predicted molar refractivity (Wildman–Crippen MR) is 111 cm³/mol. The molecule has 1 aromatic heterocycles. The van der Waals surface area contributed by atoms with Gasteiger partial charge in [0.25, 0.3) is 5.91 Å². The van der Waals surface area contributed by atoms with Crippen molar-refractivity contribution in [1.82, 2.24) is 4.90 Å². The minimum absolute atomic E-state index is 0.113. The minimum Gasteiger partial charge on any atom is -0.503 e. The first-order chi connectivity index (χ1) is 14.1. The van der Waals surface area contributed by atoms with Gasteiger partial charge in [-0.3, -0.25) is 9.59 Å². The maximum atomic E-state index is 13.1. The Labute approximate surface area is 174 Å². The van der Waals surface area contributed by atoms with Crippen LogP contribution in [0.15, 0.2) is 53.1 Å². The first-order valence-electron chi connectivity index (χ1n) is 9.62. The summed E-state index contributed by atoms with van der Waals surface area (Å²) in [5.74, 6) is -0.676. The summed E-state index contributed by atoms with van der Waals surface area (Å²) in [5, 5.41) is 12.4. The molecule has 29 heavy (non-hydrogen) atoms. The molecule has 2 aromatic rings. The number of aliphatic hydroxyl groups is 1. The second-order valence-corrected chi connectivity index (χ2v) is 7.68. The van der Waals surface area contributed by atoms with Crippen molar-refractivity contribution in [2.45, 2.75) is 25.8 Å². The molecule has 0 fully saturated rings. The van der Waals surface area contributed by atoms with Crippen LogP contribution in [0.1, 0.15) is 41.0 Å². The molecule has 3 rings (SSSR count).